The van der Waals surface area contributed by atoms with Gasteiger partial charge in [0, 0.05) is 17.3 Å². The zero-order valence-electron chi connectivity index (χ0n) is 14.6. The van der Waals surface area contributed by atoms with Crippen molar-refractivity contribution in [2.24, 2.45) is 0 Å². The number of ether oxygens (including phenoxy) is 1. The summed E-state index contributed by atoms with van der Waals surface area (Å²) in [5.41, 5.74) is 0.981. The van der Waals surface area contributed by atoms with Gasteiger partial charge in [-0.3, -0.25) is 4.79 Å². The lowest BCUT2D eigenvalue weighted by molar-refractivity contribution is 0.0600. The van der Waals surface area contributed by atoms with Gasteiger partial charge in [0.15, 0.2) is 0 Å². The quantitative estimate of drug-likeness (QED) is 0.754. The third-order valence-corrected chi connectivity index (χ3v) is 5.03. The van der Waals surface area contributed by atoms with Crippen molar-refractivity contribution in [1.29, 1.82) is 0 Å². The highest BCUT2D eigenvalue weighted by atomic mass is 32.2. The first-order chi connectivity index (χ1) is 12.2. The fourth-order valence-electron chi connectivity index (χ4n) is 2.20. The maximum Gasteiger partial charge on any atom is 0.337 e. The highest BCUT2D eigenvalue weighted by Crippen LogP contribution is 2.16. The summed E-state index contributed by atoms with van der Waals surface area (Å²) in [6.45, 7) is 3.46. The van der Waals surface area contributed by atoms with Crippen LogP contribution in [0.4, 0.5) is 5.69 Å². The van der Waals surface area contributed by atoms with E-state index in [0.29, 0.717) is 5.69 Å². The molecule has 0 saturated carbocycles. The second-order valence-electron chi connectivity index (χ2n) is 5.83. The first-order valence-electron chi connectivity index (χ1n) is 7.85. The number of nitrogens with one attached hydrogen (secondary N) is 2. The smallest absolute Gasteiger partial charge is 0.337 e. The molecule has 26 heavy (non-hydrogen) atoms. The van der Waals surface area contributed by atoms with Crippen LogP contribution >= 0.6 is 0 Å². The van der Waals surface area contributed by atoms with Crippen LogP contribution in [0.1, 0.15) is 34.6 Å². The van der Waals surface area contributed by atoms with Gasteiger partial charge in [-0.2, -0.15) is 0 Å². The average molecular weight is 376 g/mol. The summed E-state index contributed by atoms with van der Waals surface area (Å²) in [6, 6.07) is 11.7. The van der Waals surface area contributed by atoms with Gasteiger partial charge in [0.1, 0.15) is 0 Å². The average Bonchev–Trinajstić information content (AvgIpc) is 2.60. The van der Waals surface area contributed by atoms with Crippen molar-refractivity contribution in [1.82, 2.24) is 4.72 Å². The number of carbonyl (C=O) groups is 2. The van der Waals surface area contributed by atoms with E-state index in [0.717, 1.165) is 0 Å². The van der Waals surface area contributed by atoms with Crippen LogP contribution in [0.15, 0.2) is 53.4 Å². The predicted molar refractivity (Wildman–Crippen MR) is 97.6 cm³/mol. The van der Waals surface area contributed by atoms with Crippen molar-refractivity contribution in [3.05, 3.63) is 59.7 Å². The summed E-state index contributed by atoms with van der Waals surface area (Å²) in [7, 11) is -2.33. The number of benzene rings is 2. The van der Waals surface area contributed by atoms with E-state index < -0.39 is 21.9 Å². The number of hydrogen-bond donors (Lipinski definition) is 2. The summed E-state index contributed by atoms with van der Waals surface area (Å²) >= 11 is 0. The number of sulfonamides is 1. The molecular weight excluding hydrogens is 356 g/mol. The Morgan fingerprint density at radius 1 is 1.00 bits per heavy atom. The minimum atomic E-state index is -3.59. The molecule has 0 spiro atoms. The zero-order valence-corrected chi connectivity index (χ0v) is 15.5. The normalized spacial score (nSPS) is 11.2. The summed E-state index contributed by atoms with van der Waals surface area (Å²) in [5.74, 6) is -0.960. The Kier molecular flexibility index (Phi) is 6.12. The molecule has 0 atom stereocenters. The molecule has 0 saturated heterocycles. The molecule has 0 heterocycles. The molecule has 8 heteroatoms. The van der Waals surface area contributed by atoms with Crippen LogP contribution in [-0.4, -0.2) is 33.4 Å². The van der Waals surface area contributed by atoms with Gasteiger partial charge in [-0.05, 0) is 56.3 Å². The number of hydrogen-bond acceptors (Lipinski definition) is 5. The van der Waals surface area contributed by atoms with Crippen molar-refractivity contribution in [3.8, 4) is 0 Å². The van der Waals surface area contributed by atoms with E-state index in [1.807, 2.05) is 0 Å². The van der Waals surface area contributed by atoms with Gasteiger partial charge in [-0.1, -0.05) is 6.07 Å². The van der Waals surface area contributed by atoms with Crippen molar-refractivity contribution >= 4 is 27.6 Å². The molecule has 0 radical (unpaired) electrons. The Morgan fingerprint density at radius 3 is 2.19 bits per heavy atom. The largest absolute Gasteiger partial charge is 0.465 e. The van der Waals surface area contributed by atoms with Crippen LogP contribution in [-0.2, 0) is 14.8 Å². The number of esters is 1. The maximum atomic E-state index is 12.3. The first-order valence-corrected chi connectivity index (χ1v) is 9.33. The lowest BCUT2D eigenvalue weighted by atomic mass is 10.1. The first kappa shape index (κ1) is 19.6. The molecule has 7 nitrogen and oxygen atoms in total. The number of anilines is 1. The fraction of sp³-hybridized carbons (Fsp3) is 0.222. The molecule has 0 unspecified atom stereocenters. The van der Waals surface area contributed by atoms with Gasteiger partial charge in [-0.15, -0.1) is 0 Å². The maximum absolute atomic E-state index is 12.3. The molecule has 2 rings (SSSR count). The highest BCUT2D eigenvalue weighted by Gasteiger charge is 2.15. The van der Waals surface area contributed by atoms with E-state index in [9.17, 15) is 18.0 Å². The molecular formula is C18H20N2O5S. The lowest BCUT2D eigenvalue weighted by Gasteiger charge is -2.10. The van der Waals surface area contributed by atoms with Gasteiger partial charge in [0.25, 0.3) is 5.91 Å². The van der Waals surface area contributed by atoms with Crippen LogP contribution in [0.3, 0.4) is 0 Å². The lowest BCUT2D eigenvalue weighted by Crippen LogP contribution is -2.30. The van der Waals surface area contributed by atoms with Crippen LogP contribution < -0.4 is 10.0 Å². The highest BCUT2D eigenvalue weighted by molar-refractivity contribution is 7.89. The van der Waals surface area contributed by atoms with Gasteiger partial charge >= 0.3 is 5.97 Å². The van der Waals surface area contributed by atoms with Gasteiger partial charge < -0.3 is 10.1 Å². The van der Waals surface area contributed by atoms with Gasteiger partial charge in [0.2, 0.25) is 10.0 Å². The van der Waals surface area contributed by atoms with Crippen molar-refractivity contribution in [2.75, 3.05) is 12.4 Å². The van der Waals surface area contributed by atoms with E-state index in [-0.39, 0.29) is 22.1 Å². The van der Waals surface area contributed by atoms with E-state index in [4.69, 9.17) is 0 Å². The molecule has 1 amide bonds. The van der Waals surface area contributed by atoms with E-state index in [1.54, 1.807) is 32.0 Å². The second kappa shape index (κ2) is 8.11. The number of amides is 1. The Hall–Kier alpha value is -2.71. The molecule has 0 fully saturated rings. The fourth-order valence-corrected chi connectivity index (χ4v) is 3.46. The second-order valence-corrected chi connectivity index (χ2v) is 7.54. The van der Waals surface area contributed by atoms with Crippen LogP contribution in [0.25, 0.3) is 0 Å². The van der Waals surface area contributed by atoms with Crippen molar-refractivity contribution in [3.63, 3.8) is 0 Å². The molecule has 2 aromatic carbocycles. The Balaban J connectivity index is 2.14. The molecule has 0 aliphatic heterocycles. The third-order valence-electron chi connectivity index (χ3n) is 3.36. The molecule has 0 aromatic heterocycles. The summed E-state index contributed by atoms with van der Waals surface area (Å²) in [4.78, 5) is 24.0. The van der Waals surface area contributed by atoms with E-state index >= 15 is 0 Å². The Morgan fingerprint density at radius 2 is 1.62 bits per heavy atom. The third kappa shape index (κ3) is 4.90. The summed E-state index contributed by atoms with van der Waals surface area (Å²) in [5, 5.41) is 2.66. The van der Waals surface area contributed by atoms with Crippen LogP contribution in [0.2, 0.25) is 0 Å². The standard InChI is InChI=1S/C18H20N2O5S/c1-12(2)20-26(23,24)16-9-7-15(8-10-16)19-17(21)13-5-4-6-14(11-13)18(22)25-3/h4-12,20H,1-3H3,(H,19,21). The molecule has 0 bridgehead atoms. The van der Waals surface area contributed by atoms with Gasteiger partial charge in [-0.25, -0.2) is 17.9 Å². The van der Waals surface area contributed by atoms with E-state index in [1.165, 1.54) is 37.4 Å². The number of methoxy groups -OCH3 is 1. The van der Waals surface area contributed by atoms with Crippen molar-refractivity contribution in [2.45, 2.75) is 24.8 Å². The molecule has 0 aliphatic rings. The van der Waals surface area contributed by atoms with Gasteiger partial charge in [0.05, 0.1) is 17.6 Å². The monoisotopic (exact) mass is 376 g/mol. The van der Waals surface area contributed by atoms with Crippen LogP contribution in [0, 0.1) is 0 Å². The molecule has 2 aromatic rings. The van der Waals surface area contributed by atoms with Crippen molar-refractivity contribution < 1.29 is 22.7 Å². The molecule has 138 valence electrons. The summed E-state index contributed by atoms with van der Waals surface area (Å²) < 4.78 is 31.3. The minimum Gasteiger partial charge on any atom is -0.465 e. The summed E-state index contributed by atoms with van der Waals surface area (Å²) in [6.07, 6.45) is 0. The molecule has 2 N–H and O–H groups in total. The van der Waals surface area contributed by atoms with E-state index in [2.05, 4.69) is 14.8 Å². The SMILES string of the molecule is COC(=O)c1cccc(C(=O)Nc2ccc(S(=O)(=O)NC(C)C)cc2)c1. The minimum absolute atomic E-state index is 0.108. The molecule has 0 aliphatic carbocycles. The Bertz CT molecular complexity index is 905. The predicted octanol–water partition coefficient (Wildman–Crippen LogP) is 2.41. The number of rotatable bonds is 6. The topological polar surface area (TPSA) is 102 Å². The zero-order chi connectivity index (χ0) is 19.3. The number of carbonyl (C=O) groups excluding carboxylic acids is 2. The Labute approximate surface area is 152 Å². The van der Waals surface area contributed by atoms with Crippen LogP contribution in [0.5, 0.6) is 0 Å².